The second-order valence-electron chi connectivity index (χ2n) is 6.39. The van der Waals surface area contributed by atoms with Gasteiger partial charge in [-0.25, -0.2) is 0 Å². The molecule has 0 unspecified atom stereocenters. The number of hydrogen-bond acceptors (Lipinski definition) is 3. The molecule has 1 heterocycles. The van der Waals surface area contributed by atoms with Gasteiger partial charge in [-0.05, 0) is 44.2 Å². The van der Waals surface area contributed by atoms with Crippen molar-refractivity contribution in [3.63, 3.8) is 0 Å². The average molecular weight is 345 g/mol. The largest absolute Gasteiger partial charge is 0.507 e. The first-order valence-electron chi connectivity index (χ1n) is 8.44. The quantitative estimate of drug-likeness (QED) is 0.531. The maximum Gasteiger partial charge on any atom is 0.162 e. The molecule has 0 amide bonds. The number of benzene rings is 3. The minimum absolute atomic E-state index is 0.0190. The van der Waals surface area contributed by atoms with Crippen LogP contribution in [0.3, 0.4) is 0 Å². The van der Waals surface area contributed by atoms with Gasteiger partial charge in [-0.2, -0.15) is 0 Å². The minimum Gasteiger partial charge on any atom is -0.507 e. The van der Waals surface area contributed by atoms with Crippen molar-refractivity contribution in [3.8, 4) is 17.2 Å². The van der Waals surface area contributed by atoms with E-state index in [0.29, 0.717) is 5.56 Å². The second kappa shape index (κ2) is 5.92. The molecule has 0 aliphatic heterocycles. The number of phenolic OH excluding ortho intramolecular Hbond substituents is 1. The average Bonchev–Trinajstić information content (AvgIpc) is 2.94. The molecule has 0 atom stereocenters. The highest BCUT2D eigenvalue weighted by Gasteiger charge is 2.21. The van der Waals surface area contributed by atoms with Crippen molar-refractivity contribution in [2.45, 2.75) is 13.8 Å². The van der Waals surface area contributed by atoms with Gasteiger partial charge in [-0.1, -0.05) is 24.3 Å². The summed E-state index contributed by atoms with van der Waals surface area (Å²) in [7, 11) is 1.63. The van der Waals surface area contributed by atoms with Crippen LogP contribution in [0.2, 0.25) is 0 Å². The van der Waals surface area contributed by atoms with E-state index in [2.05, 4.69) is 4.57 Å². The van der Waals surface area contributed by atoms with Crippen LogP contribution in [-0.2, 0) is 0 Å². The summed E-state index contributed by atoms with van der Waals surface area (Å²) in [5.74, 6) is 0.939. The lowest BCUT2D eigenvalue weighted by Crippen LogP contribution is -2.00. The maximum atomic E-state index is 12.4. The van der Waals surface area contributed by atoms with Crippen LogP contribution >= 0.6 is 0 Å². The molecule has 0 spiro atoms. The Morgan fingerprint density at radius 1 is 1.00 bits per heavy atom. The Morgan fingerprint density at radius 2 is 1.65 bits per heavy atom. The van der Waals surface area contributed by atoms with E-state index in [0.717, 1.165) is 38.8 Å². The van der Waals surface area contributed by atoms with Gasteiger partial charge in [0.15, 0.2) is 5.78 Å². The lowest BCUT2D eigenvalue weighted by atomic mass is 10.0. The lowest BCUT2D eigenvalue weighted by Gasteiger charge is -2.12. The Morgan fingerprint density at radius 3 is 2.27 bits per heavy atom. The van der Waals surface area contributed by atoms with E-state index >= 15 is 0 Å². The van der Waals surface area contributed by atoms with E-state index in [1.165, 1.54) is 0 Å². The third-order valence-corrected chi connectivity index (χ3v) is 4.87. The summed E-state index contributed by atoms with van der Waals surface area (Å²) in [5, 5.41) is 12.9. The first kappa shape index (κ1) is 16.2. The molecule has 1 N–H and O–H groups in total. The van der Waals surface area contributed by atoms with Gasteiger partial charge in [-0.15, -0.1) is 0 Å². The van der Waals surface area contributed by atoms with Crippen molar-refractivity contribution in [2.75, 3.05) is 7.11 Å². The third kappa shape index (κ3) is 2.26. The molecule has 0 saturated heterocycles. The molecular weight excluding hydrogens is 326 g/mol. The highest BCUT2D eigenvalue weighted by molar-refractivity contribution is 6.17. The number of methoxy groups -OCH3 is 1. The number of Topliss-reactive ketones (excluding diaryl/α,β-unsaturated/α-hetero) is 1. The van der Waals surface area contributed by atoms with Gasteiger partial charge >= 0.3 is 0 Å². The fourth-order valence-corrected chi connectivity index (χ4v) is 3.75. The van der Waals surface area contributed by atoms with Gasteiger partial charge in [0, 0.05) is 33.1 Å². The Kier molecular flexibility index (Phi) is 3.69. The predicted octanol–water partition coefficient (Wildman–Crippen LogP) is 5.01. The maximum absolute atomic E-state index is 12.4. The van der Waals surface area contributed by atoms with Crippen molar-refractivity contribution in [1.82, 2.24) is 4.57 Å². The van der Waals surface area contributed by atoms with Crippen LogP contribution < -0.4 is 4.74 Å². The number of fused-ring (bicyclic) bond motifs is 3. The van der Waals surface area contributed by atoms with Gasteiger partial charge in [0.1, 0.15) is 11.5 Å². The van der Waals surface area contributed by atoms with Crippen LogP contribution in [0.15, 0.2) is 54.6 Å². The Labute approximate surface area is 151 Å². The number of carbonyl (C=O) groups is 1. The first-order chi connectivity index (χ1) is 12.5. The number of aromatic hydroxyl groups is 1. The van der Waals surface area contributed by atoms with Gasteiger partial charge in [-0.3, -0.25) is 4.79 Å². The fourth-order valence-electron chi connectivity index (χ4n) is 3.75. The highest BCUT2D eigenvalue weighted by atomic mass is 16.5. The normalized spacial score (nSPS) is 11.2. The summed E-state index contributed by atoms with van der Waals surface area (Å²) in [6.45, 7) is 3.50. The number of rotatable bonds is 3. The van der Waals surface area contributed by atoms with E-state index in [4.69, 9.17) is 4.74 Å². The van der Waals surface area contributed by atoms with E-state index in [-0.39, 0.29) is 11.5 Å². The van der Waals surface area contributed by atoms with Crippen LogP contribution in [0.4, 0.5) is 0 Å². The molecule has 0 fully saturated rings. The monoisotopic (exact) mass is 345 g/mol. The van der Waals surface area contributed by atoms with Crippen molar-refractivity contribution < 1.29 is 14.6 Å². The van der Waals surface area contributed by atoms with Gasteiger partial charge in [0.2, 0.25) is 0 Å². The molecule has 3 aromatic carbocycles. The summed E-state index contributed by atoms with van der Waals surface area (Å²) in [6.07, 6.45) is 0. The van der Waals surface area contributed by atoms with E-state index in [9.17, 15) is 9.90 Å². The topological polar surface area (TPSA) is 51.5 Å². The molecule has 4 rings (SSSR count). The summed E-state index contributed by atoms with van der Waals surface area (Å²) < 4.78 is 7.33. The predicted molar refractivity (Wildman–Crippen MR) is 104 cm³/mol. The number of hydrogen-bond donors (Lipinski definition) is 1. The lowest BCUT2D eigenvalue weighted by molar-refractivity contribution is 0.101. The van der Waals surface area contributed by atoms with Crippen LogP contribution in [0.25, 0.3) is 27.4 Å². The van der Waals surface area contributed by atoms with Gasteiger partial charge in [0.05, 0.1) is 12.6 Å². The molecule has 4 nitrogen and oxygen atoms in total. The standard InChI is InChI=1S/C22H19NO3/c1-13-21(14(2)24)19-12-20(25)17-6-4-5-7-18(17)22(19)23(13)15-8-10-16(26-3)11-9-15/h4-12,25H,1-3H3. The first-order valence-corrected chi connectivity index (χ1v) is 8.44. The molecular formula is C22H19NO3. The summed E-state index contributed by atoms with van der Waals surface area (Å²) in [4.78, 5) is 12.4. The van der Waals surface area contributed by atoms with E-state index < -0.39 is 0 Å². The van der Waals surface area contributed by atoms with Crippen molar-refractivity contribution >= 4 is 27.5 Å². The van der Waals surface area contributed by atoms with Crippen LogP contribution in [-0.4, -0.2) is 22.6 Å². The van der Waals surface area contributed by atoms with Crippen LogP contribution in [0.5, 0.6) is 11.5 Å². The van der Waals surface area contributed by atoms with E-state index in [1.807, 2.05) is 55.5 Å². The molecule has 0 saturated carbocycles. The SMILES string of the molecule is COc1ccc(-n2c(C)c(C(C)=O)c3cc(O)c4ccccc4c32)cc1. The molecule has 0 radical (unpaired) electrons. The number of ether oxygens (including phenoxy) is 1. The molecule has 0 aliphatic carbocycles. The molecule has 0 aliphatic rings. The number of aromatic nitrogens is 1. The van der Waals surface area contributed by atoms with Crippen molar-refractivity contribution in [2.24, 2.45) is 0 Å². The minimum atomic E-state index is -0.0190. The van der Waals surface area contributed by atoms with Gasteiger partial charge < -0.3 is 14.4 Å². The third-order valence-electron chi connectivity index (χ3n) is 4.87. The van der Waals surface area contributed by atoms with Crippen molar-refractivity contribution in [3.05, 3.63) is 65.9 Å². The van der Waals surface area contributed by atoms with Crippen LogP contribution in [0, 0.1) is 6.92 Å². The van der Waals surface area contributed by atoms with Crippen molar-refractivity contribution in [1.29, 1.82) is 0 Å². The fraction of sp³-hybridized carbons (Fsp3) is 0.136. The summed E-state index contributed by atoms with van der Waals surface area (Å²) in [6, 6.07) is 17.1. The smallest absolute Gasteiger partial charge is 0.162 e. The zero-order valence-corrected chi connectivity index (χ0v) is 14.9. The van der Waals surface area contributed by atoms with Crippen LogP contribution in [0.1, 0.15) is 23.0 Å². The Balaban J connectivity index is 2.19. The Bertz CT molecular complexity index is 1150. The molecule has 4 heteroatoms. The molecule has 1 aromatic heterocycles. The highest BCUT2D eigenvalue weighted by Crippen LogP contribution is 2.39. The van der Waals surface area contributed by atoms with Gasteiger partial charge in [0.25, 0.3) is 0 Å². The molecule has 4 aromatic rings. The summed E-state index contributed by atoms with van der Waals surface area (Å²) in [5.41, 5.74) is 3.35. The number of ketones is 1. The zero-order valence-electron chi connectivity index (χ0n) is 14.9. The zero-order chi connectivity index (χ0) is 18.4. The molecule has 0 bridgehead atoms. The molecule has 130 valence electrons. The summed E-state index contributed by atoms with van der Waals surface area (Å²) >= 11 is 0. The second-order valence-corrected chi connectivity index (χ2v) is 6.39. The number of carbonyl (C=O) groups excluding carboxylic acids is 1. The number of nitrogens with zero attached hydrogens (tertiary/aromatic N) is 1. The Hall–Kier alpha value is -3.27. The molecule has 26 heavy (non-hydrogen) atoms. The number of phenols is 1. The van der Waals surface area contributed by atoms with E-state index in [1.54, 1.807) is 20.1 Å².